The SMILES string of the molecule is CCCCNC(=O)CN(C)CC(=O)OC. The van der Waals surface area contributed by atoms with Crippen molar-refractivity contribution in [2.45, 2.75) is 19.8 Å². The van der Waals surface area contributed by atoms with Crippen molar-refractivity contribution in [1.29, 1.82) is 0 Å². The highest BCUT2D eigenvalue weighted by Crippen LogP contribution is 1.86. The number of hydrogen-bond acceptors (Lipinski definition) is 4. The van der Waals surface area contributed by atoms with E-state index >= 15 is 0 Å². The number of nitrogens with one attached hydrogen (secondary N) is 1. The van der Waals surface area contributed by atoms with Crippen LogP contribution in [0, 0.1) is 0 Å². The van der Waals surface area contributed by atoms with E-state index in [4.69, 9.17) is 0 Å². The summed E-state index contributed by atoms with van der Waals surface area (Å²) in [6.45, 7) is 3.12. The first-order valence-corrected chi connectivity index (χ1v) is 5.12. The molecule has 0 aromatic carbocycles. The highest BCUT2D eigenvalue weighted by Gasteiger charge is 2.09. The van der Waals surface area contributed by atoms with Gasteiger partial charge in [0.05, 0.1) is 20.2 Å². The van der Waals surface area contributed by atoms with E-state index in [1.807, 2.05) is 0 Å². The van der Waals surface area contributed by atoms with E-state index in [2.05, 4.69) is 17.0 Å². The van der Waals surface area contributed by atoms with Crippen LogP contribution < -0.4 is 5.32 Å². The Morgan fingerprint density at radius 2 is 2.00 bits per heavy atom. The molecule has 1 amide bonds. The zero-order chi connectivity index (χ0) is 11.7. The number of esters is 1. The number of nitrogens with zero attached hydrogens (tertiary/aromatic N) is 1. The normalized spacial score (nSPS) is 10.1. The van der Waals surface area contributed by atoms with Crippen molar-refractivity contribution in [2.24, 2.45) is 0 Å². The summed E-state index contributed by atoms with van der Waals surface area (Å²) in [5.41, 5.74) is 0. The van der Waals surface area contributed by atoms with Gasteiger partial charge in [0.2, 0.25) is 5.91 Å². The third-order valence-electron chi connectivity index (χ3n) is 1.89. The van der Waals surface area contributed by atoms with Gasteiger partial charge >= 0.3 is 5.97 Å². The van der Waals surface area contributed by atoms with Gasteiger partial charge in [0.25, 0.3) is 0 Å². The fourth-order valence-corrected chi connectivity index (χ4v) is 1.05. The van der Waals surface area contributed by atoms with Crippen LogP contribution in [0.4, 0.5) is 0 Å². The van der Waals surface area contributed by atoms with Crippen molar-refractivity contribution in [3.8, 4) is 0 Å². The van der Waals surface area contributed by atoms with Crippen LogP contribution in [-0.4, -0.2) is 50.6 Å². The summed E-state index contributed by atoms with van der Waals surface area (Å²) in [7, 11) is 3.04. The molecule has 0 aliphatic rings. The summed E-state index contributed by atoms with van der Waals surface area (Å²) >= 11 is 0. The largest absolute Gasteiger partial charge is 0.468 e. The second-order valence-electron chi connectivity index (χ2n) is 3.45. The van der Waals surface area contributed by atoms with Crippen molar-refractivity contribution in [3.05, 3.63) is 0 Å². The van der Waals surface area contributed by atoms with Gasteiger partial charge in [-0.05, 0) is 13.5 Å². The second-order valence-corrected chi connectivity index (χ2v) is 3.45. The van der Waals surface area contributed by atoms with Gasteiger partial charge in [-0.15, -0.1) is 0 Å². The number of hydrogen-bond donors (Lipinski definition) is 1. The van der Waals surface area contributed by atoms with Gasteiger partial charge in [0, 0.05) is 6.54 Å². The van der Waals surface area contributed by atoms with Gasteiger partial charge in [-0.3, -0.25) is 14.5 Å². The summed E-state index contributed by atoms with van der Waals surface area (Å²) in [5.74, 6) is -0.395. The Labute approximate surface area is 90.8 Å². The number of carbonyl (C=O) groups excluding carboxylic acids is 2. The minimum atomic E-state index is -0.334. The zero-order valence-electron chi connectivity index (χ0n) is 9.71. The first-order valence-electron chi connectivity index (χ1n) is 5.12. The van der Waals surface area contributed by atoms with Crippen LogP contribution in [0.5, 0.6) is 0 Å². The Morgan fingerprint density at radius 3 is 2.53 bits per heavy atom. The lowest BCUT2D eigenvalue weighted by molar-refractivity contribution is -0.141. The van der Waals surface area contributed by atoms with Crippen molar-refractivity contribution < 1.29 is 14.3 Å². The Balaban J connectivity index is 3.62. The van der Waals surface area contributed by atoms with Gasteiger partial charge in [0.1, 0.15) is 0 Å². The molecule has 0 atom stereocenters. The molecule has 1 N–H and O–H groups in total. The zero-order valence-corrected chi connectivity index (χ0v) is 9.71. The first-order chi connectivity index (χ1) is 7.10. The van der Waals surface area contributed by atoms with E-state index in [1.165, 1.54) is 7.11 Å². The average molecular weight is 216 g/mol. The molecule has 0 radical (unpaired) electrons. The molecular formula is C10H20N2O3. The molecule has 0 aliphatic heterocycles. The van der Waals surface area contributed by atoms with Crippen LogP contribution in [0.3, 0.4) is 0 Å². The van der Waals surface area contributed by atoms with E-state index in [1.54, 1.807) is 11.9 Å². The Kier molecular flexibility index (Phi) is 7.62. The number of methoxy groups -OCH3 is 1. The fraction of sp³-hybridized carbons (Fsp3) is 0.800. The summed E-state index contributed by atoms with van der Waals surface area (Å²) in [5, 5.41) is 2.77. The van der Waals surface area contributed by atoms with Crippen molar-refractivity contribution >= 4 is 11.9 Å². The lowest BCUT2D eigenvalue weighted by Crippen LogP contribution is -2.38. The van der Waals surface area contributed by atoms with Gasteiger partial charge in [-0.2, -0.15) is 0 Å². The predicted octanol–water partition coefficient (Wildman–Crippen LogP) is 0.00750. The van der Waals surface area contributed by atoms with Gasteiger partial charge < -0.3 is 10.1 Å². The van der Waals surface area contributed by atoms with Gasteiger partial charge in [-0.25, -0.2) is 0 Å². The maximum Gasteiger partial charge on any atom is 0.319 e. The molecular weight excluding hydrogens is 196 g/mol. The molecule has 0 bridgehead atoms. The standard InChI is InChI=1S/C10H20N2O3/c1-4-5-6-11-9(13)7-12(2)8-10(14)15-3/h4-8H2,1-3H3,(H,11,13). The fourth-order valence-electron chi connectivity index (χ4n) is 1.05. The van der Waals surface area contributed by atoms with E-state index < -0.39 is 0 Å². The van der Waals surface area contributed by atoms with Crippen LogP contribution >= 0.6 is 0 Å². The highest BCUT2D eigenvalue weighted by molar-refractivity contribution is 5.79. The maximum absolute atomic E-state index is 11.3. The molecule has 0 aromatic rings. The lowest BCUT2D eigenvalue weighted by Gasteiger charge is -2.14. The Morgan fingerprint density at radius 1 is 1.33 bits per heavy atom. The third kappa shape index (κ3) is 7.93. The molecule has 0 saturated heterocycles. The molecule has 0 aliphatic carbocycles. The number of amides is 1. The number of carbonyl (C=O) groups is 2. The summed E-state index contributed by atoms with van der Waals surface area (Å²) in [6.07, 6.45) is 2.03. The van der Waals surface area contributed by atoms with Crippen LogP contribution in [0.25, 0.3) is 0 Å². The van der Waals surface area contributed by atoms with Gasteiger partial charge in [-0.1, -0.05) is 13.3 Å². The summed E-state index contributed by atoms with van der Waals surface area (Å²) in [6, 6.07) is 0. The molecule has 0 heterocycles. The number of ether oxygens (including phenoxy) is 1. The molecule has 0 unspecified atom stereocenters. The quantitative estimate of drug-likeness (QED) is 0.481. The van der Waals surface area contributed by atoms with Crippen LogP contribution in [-0.2, 0) is 14.3 Å². The molecule has 0 spiro atoms. The molecule has 0 aromatic heterocycles. The van der Waals surface area contributed by atoms with Crippen LogP contribution in [0.15, 0.2) is 0 Å². The highest BCUT2D eigenvalue weighted by atomic mass is 16.5. The van der Waals surface area contributed by atoms with E-state index in [0.29, 0.717) is 6.54 Å². The Bertz CT molecular complexity index is 207. The lowest BCUT2D eigenvalue weighted by atomic mass is 10.3. The van der Waals surface area contributed by atoms with E-state index in [-0.39, 0.29) is 25.0 Å². The first kappa shape index (κ1) is 13.9. The minimum absolute atomic E-state index is 0.0603. The number of unbranched alkanes of at least 4 members (excludes halogenated alkanes) is 1. The van der Waals surface area contributed by atoms with Crippen LogP contribution in [0.2, 0.25) is 0 Å². The molecule has 0 fully saturated rings. The Hall–Kier alpha value is -1.10. The maximum atomic E-state index is 11.3. The van der Waals surface area contributed by atoms with Crippen molar-refractivity contribution in [2.75, 3.05) is 33.8 Å². The van der Waals surface area contributed by atoms with E-state index in [9.17, 15) is 9.59 Å². The van der Waals surface area contributed by atoms with Crippen molar-refractivity contribution in [3.63, 3.8) is 0 Å². The summed E-state index contributed by atoms with van der Waals surface area (Å²) in [4.78, 5) is 23.8. The monoisotopic (exact) mass is 216 g/mol. The minimum Gasteiger partial charge on any atom is -0.468 e. The molecule has 5 nitrogen and oxygen atoms in total. The smallest absolute Gasteiger partial charge is 0.319 e. The molecule has 15 heavy (non-hydrogen) atoms. The third-order valence-corrected chi connectivity index (χ3v) is 1.89. The van der Waals surface area contributed by atoms with E-state index in [0.717, 1.165) is 12.8 Å². The van der Waals surface area contributed by atoms with Gasteiger partial charge in [0.15, 0.2) is 0 Å². The van der Waals surface area contributed by atoms with Crippen molar-refractivity contribution in [1.82, 2.24) is 10.2 Å². The average Bonchev–Trinajstić information content (AvgIpc) is 2.17. The molecule has 0 rings (SSSR count). The van der Waals surface area contributed by atoms with Crippen LogP contribution in [0.1, 0.15) is 19.8 Å². The predicted molar refractivity (Wildman–Crippen MR) is 57.4 cm³/mol. The molecule has 88 valence electrons. The number of rotatable bonds is 7. The molecule has 0 saturated carbocycles. The molecule has 5 heteroatoms. The number of likely N-dealkylation sites (N-methyl/N-ethyl adjacent to an activating group) is 1. The topological polar surface area (TPSA) is 58.6 Å². The second kappa shape index (κ2) is 8.23. The summed E-state index contributed by atoms with van der Waals surface area (Å²) < 4.78 is 4.49.